The minimum absolute atomic E-state index is 0.0866. The zero-order valence-electron chi connectivity index (χ0n) is 21.9. The van der Waals surface area contributed by atoms with Crippen molar-refractivity contribution >= 4 is 16.9 Å². The SMILES string of the molecule is CCC(c1nc2ccccc2c(=O)n1-c1ccccc1OC)N(CC(C)C)C(=O)NC1CCCCC1. The van der Waals surface area contributed by atoms with Gasteiger partial charge in [0, 0.05) is 12.6 Å². The molecule has 1 aliphatic rings. The molecule has 1 fully saturated rings. The van der Waals surface area contributed by atoms with Gasteiger partial charge in [0.1, 0.15) is 11.6 Å². The van der Waals surface area contributed by atoms with Crippen LogP contribution in [0.4, 0.5) is 4.79 Å². The van der Waals surface area contributed by atoms with Crippen molar-refractivity contribution in [1.29, 1.82) is 0 Å². The van der Waals surface area contributed by atoms with E-state index in [4.69, 9.17) is 9.72 Å². The average molecular weight is 491 g/mol. The fourth-order valence-electron chi connectivity index (χ4n) is 5.21. The molecular formula is C29H38N4O3. The summed E-state index contributed by atoms with van der Waals surface area (Å²) in [4.78, 5) is 34.5. The number of methoxy groups -OCH3 is 1. The number of urea groups is 1. The molecule has 36 heavy (non-hydrogen) atoms. The maximum atomic E-state index is 13.9. The number of ether oxygens (including phenoxy) is 1. The first-order chi connectivity index (χ1) is 17.4. The number of fused-ring (bicyclic) bond motifs is 1. The summed E-state index contributed by atoms with van der Waals surface area (Å²) in [5.74, 6) is 1.38. The van der Waals surface area contributed by atoms with Gasteiger partial charge in [-0.3, -0.25) is 9.36 Å². The topological polar surface area (TPSA) is 76.5 Å². The average Bonchev–Trinajstić information content (AvgIpc) is 2.89. The number of benzene rings is 2. The van der Waals surface area contributed by atoms with Crippen molar-refractivity contribution in [3.8, 4) is 11.4 Å². The van der Waals surface area contributed by atoms with Crippen molar-refractivity contribution in [2.75, 3.05) is 13.7 Å². The summed E-state index contributed by atoms with van der Waals surface area (Å²) >= 11 is 0. The van der Waals surface area contributed by atoms with E-state index in [-0.39, 0.29) is 23.6 Å². The van der Waals surface area contributed by atoms with Crippen molar-refractivity contribution in [1.82, 2.24) is 19.8 Å². The third-order valence-corrected chi connectivity index (χ3v) is 6.94. The van der Waals surface area contributed by atoms with Gasteiger partial charge < -0.3 is 15.0 Å². The third-order valence-electron chi connectivity index (χ3n) is 6.94. The summed E-state index contributed by atoms with van der Waals surface area (Å²) in [7, 11) is 1.60. The van der Waals surface area contributed by atoms with Crippen molar-refractivity contribution in [2.24, 2.45) is 5.92 Å². The molecule has 4 rings (SSSR count). The van der Waals surface area contributed by atoms with Crippen LogP contribution in [-0.4, -0.2) is 40.2 Å². The lowest BCUT2D eigenvalue weighted by atomic mass is 9.95. The normalized spacial score (nSPS) is 15.1. The molecule has 192 valence electrons. The van der Waals surface area contributed by atoms with Gasteiger partial charge in [-0.2, -0.15) is 0 Å². The van der Waals surface area contributed by atoms with Crippen LogP contribution in [0.25, 0.3) is 16.6 Å². The maximum absolute atomic E-state index is 13.9. The van der Waals surface area contributed by atoms with Gasteiger partial charge in [-0.1, -0.05) is 64.3 Å². The van der Waals surface area contributed by atoms with Crippen LogP contribution in [-0.2, 0) is 0 Å². The Kier molecular flexibility index (Phi) is 8.28. The molecule has 1 aromatic heterocycles. The number of hydrogen-bond acceptors (Lipinski definition) is 4. The molecule has 1 unspecified atom stereocenters. The summed E-state index contributed by atoms with van der Waals surface area (Å²) in [5, 5.41) is 3.82. The Morgan fingerprint density at radius 1 is 1.11 bits per heavy atom. The number of nitrogens with one attached hydrogen (secondary N) is 1. The molecule has 0 radical (unpaired) electrons. The summed E-state index contributed by atoms with van der Waals surface area (Å²) in [6.45, 7) is 6.81. The van der Waals surface area contributed by atoms with Gasteiger partial charge in [0.15, 0.2) is 0 Å². The number of para-hydroxylation sites is 3. The number of aromatic nitrogens is 2. The quantitative estimate of drug-likeness (QED) is 0.430. The summed E-state index contributed by atoms with van der Waals surface area (Å²) < 4.78 is 7.26. The largest absolute Gasteiger partial charge is 0.495 e. The molecule has 1 N–H and O–H groups in total. The minimum atomic E-state index is -0.391. The standard InChI is InChI=1S/C29H38N4O3/c1-5-24(32(19-20(2)3)29(35)30-21-13-7-6-8-14-21)27-31-23-16-10-9-15-22(23)28(34)33(27)25-17-11-12-18-26(25)36-4/h9-12,15-18,20-21,24H,5-8,13-14,19H2,1-4H3,(H,30,35). The van der Waals surface area contributed by atoms with Crippen molar-refractivity contribution in [3.05, 3.63) is 64.7 Å². The molecule has 0 saturated heterocycles. The molecule has 1 saturated carbocycles. The van der Waals surface area contributed by atoms with E-state index in [1.807, 2.05) is 54.3 Å². The van der Waals surface area contributed by atoms with Crippen LogP contribution in [0, 0.1) is 5.92 Å². The summed E-state index contributed by atoms with van der Waals surface area (Å²) in [6, 6.07) is 14.6. The van der Waals surface area contributed by atoms with Crippen LogP contribution in [0.1, 0.15) is 71.2 Å². The molecule has 0 spiro atoms. The molecule has 0 bridgehead atoms. The van der Waals surface area contributed by atoms with E-state index in [0.29, 0.717) is 41.1 Å². The van der Waals surface area contributed by atoms with Crippen LogP contribution < -0.4 is 15.6 Å². The Hall–Kier alpha value is -3.35. The molecule has 1 aliphatic carbocycles. The highest BCUT2D eigenvalue weighted by Crippen LogP contribution is 2.30. The van der Waals surface area contributed by atoms with E-state index < -0.39 is 6.04 Å². The van der Waals surface area contributed by atoms with E-state index in [1.165, 1.54) is 6.42 Å². The van der Waals surface area contributed by atoms with E-state index in [1.54, 1.807) is 17.7 Å². The molecule has 7 heteroatoms. The van der Waals surface area contributed by atoms with Crippen molar-refractivity contribution < 1.29 is 9.53 Å². The lowest BCUT2D eigenvalue weighted by Crippen LogP contribution is -2.49. The molecule has 3 aromatic rings. The Balaban J connectivity index is 1.87. The molecular weight excluding hydrogens is 452 g/mol. The smallest absolute Gasteiger partial charge is 0.318 e. The second-order valence-corrected chi connectivity index (χ2v) is 10.1. The van der Waals surface area contributed by atoms with Crippen molar-refractivity contribution in [2.45, 2.75) is 71.4 Å². The molecule has 2 aromatic carbocycles. The van der Waals surface area contributed by atoms with Crippen molar-refractivity contribution in [3.63, 3.8) is 0 Å². The second kappa shape index (κ2) is 11.6. The van der Waals surface area contributed by atoms with Crippen LogP contribution >= 0.6 is 0 Å². The van der Waals surface area contributed by atoms with E-state index in [2.05, 4.69) is 19.2 Å². The highest BCUT2D eigenvalue weighted by Gasteiger charge is 2.31. The van der Waals surface area contributed by atoms with E-state index in [9.17, 15) is 9.59 Å². The Labute approximate surface area is 213 Å². The zero-order valence-corrected chi connectivity index (χ0v) is 21.9. The summed E-state index contributed by atoms with van der Waals surface area (Å²) in [6.07, 6.45) is 6.16. The molecule has 1 heterocycles. The van der Waals surface area contributed by atoms with Crippen LogP contribution in [0.5, 0.6) is 5.75 Å². The molecule has 2 amide bonds. The monoisotopic (exact) mass is 490 g/mol. The zero-order chi connectivity index (χ0) is 25.7. The number of carbonyl (C=O) groups excluding carboxylic acids is 1. The predicted octanol–water partition coefficient (Wildman–Crippen LogP) is 5.85. The second-order valence-electron chi connectivity index (χ2n) is 10.1. The number of amides is 2. The molecule has 0 aliphatic heterocycles. The van der Waals surface area contributed by atoms with Crippen LogP contribution in [0.2, 0.25) is 0 Å². The van der Waals surface area contributed by atoms with Crippen LogP contribution in [0.15, 0.2) is 53.3 Å². The van der Waals surface area contributed by atoms with Crippen LogP contribution in [0.3, 0.4) is 0 Å². The number of rotatable bonds is 8. The van der Waals surface area contributed by atoms with Gasteiger partial charge in [-0.05, 0) is 49.4 Å². The molecule has 1 atom stereocenters. The maximum Gasteiger partial charge on any atom is 0.318 e. The minimum Gasteiger partial charge on any atom is -0.495 e. The fourth-order valence-corrected chi connectivity index (χ4v) is 5.21. The third kappa shape index (κ3) is 5.40. The highest BCUT2D eigenvalue weighted by molar-refractivity contribution is 5.79. The number of hydrogen-bond donors (Lipinski definition) is 1. The summed E-state index contributed by atoms with van der Waals surface area (Å²) in [5.41, 5.74) is 1.07. The Bertz CT molecular complexity index is 1250. The fraction of sp³-hybridized carbons (Fsp3) is 0.483. The first-order valence-corrected chi connectivity index (χ1v) is 13.2. The van der Waals surface area contributed by atoms with Gasteiger partial charge >= 0.3 is 6.03 Å². The number of nitrogens with zero attached hydrogens (tertiary/aromatic N) is 3. The Morgan fingerprint density at radius 3 is 2.50 bits per heavy atom. The van der Waals surface area contributed by atoms with E-state index in [0.717, 1.165) is 25.7 Å². The van der Waals surface area contributed by atoms with Gasteiger partial charge in [0.05, 0.1) is 29.7 Å². The lowest BCUT2D eigenvalue weighted by Gasteiger charge is -2.35. The highest BCUT2D eigenvalue weighted by atomic mass is 16.5. The van der Waals surface area contributed by atoms with E-state index >= 15 is 0 Å². The van der Waals surface area contributed by atoms with Gasteiger partial charge in [-0.25, -0.2) is 9.78 Å². The number of carbonyl (C=O) groups is 1. The lowest BCUT2D eigenvalue weighted by molar-refractivity contribution is 0.152. The first-order valence-electron chi connectivity index (χ1n) is 13.2. The first kappa shape index (κ1) is 25.7. The Morgan fingerprint density at radius 2 is 1.81 bits per heavy atom. The molecule has 7 nitrogen and oxygen atoms in total. The van der Waals surface area contributed by atoms with Gasteiger partial charge in [0.25, 0.3) is 5.56 Å². The predicted molar refractivity (Wildman–Crippen MR) is 144 cm³/mol. The van der Waals surface area contributed by atoms with Gasteiger partial charge in [-0.15, -0.1) is 0 Å². The van der Waals surface area contributed by atoms with Gasteiger partial charge in [0.2, 0.25) is 0 Å².